The lowest BCUT2D eigenvalue weighted by Crippen LogP contribution is -2.07. The number of pyridine rings is 1. The highest BCUT2D eigenvalue weighted by molar-refractivity contribution is 5.95. The molecule has 104 valence electrons. The summed E-state index contributed by atoms with van der Waals surface area (Å²) in [6.07, 6.45) is 1.61. The number of methoxy groups -OCH3 is 1. The first-order valence-electron chi connectivity index (χ1n) is 6.27. The molecule has 5 heteroatoms. The van der Waals surface area contributed by atoms with Crippen molar-refractivity contribution in [2.45, 2.75) is 6.92 Å². The summed E-state index contributed by atoms with van der Waals surface area (Å²) in [6, 6.07) is 10.8. The van der Waals surface area contributed by atoms with Gasteiger partial charge in [0.2, 0.25) is 0 Å². The molecule has 0 bridgehead atoms. The van der Waals surface area contributed by atoms with E-state index >= 15 is 0 Å². The fourth-order valence-corrected chi connectivity index (χ4v) is 1.72. The Morgan fingerprint density at radius 2 is 2.00 bits per heavy atom. The van der Waals surface area contributed by atoms with Gasteiger partial charge >= 0.3 is 5.97 Å². The second kappa shape index (κ2) is 6.56. The van der Waals surface area contributed by atoms with Gasteiger partial charge < -0.3 is 14.8 Å². The number of benzene rings is 1. The normalized spacial score (nSPS) is 9.90. The average Bonchev–Trinajstić information content (AvgIpc) is 2.49. The molecule has 0 aliphatic rings. The third-order valence-electron chi connectivity index (χ3n) is 2.64. The van der Waals surface area contributed by atoms with Crippen molar-refractivity contribution < 1.29 is 14.3 Å². The summed E-state index contributed by atoms with van der Waals surface area (Å²) in [7, 11) is 1.34. The van der Waals surface area contributed by atoms with E-state index in [1.165, 1.54) is 7.11 Å². The van der Waals surface area contributed by atoms with Gasteiger partial charge in [0.1, 0.15) is 17.1 Å². The van der Waals surface area contributed by atoms with Gasteiger partial charge in [-0.2, -0.15) is 0 Å². The summed E-state index contributed by atoms with van der Waals surface area (Å²) < 4.78 is 10.1. The monoisotopic (exact) mass is 272 g/mol. The molecule has 0 unspecified atom stereocenters. The molecule has 5 nitrogen and oxygen atoms in total. The molecule has 0 aliphatic heterocycles. The van der Waals surface area contributed by atoms with E-state index in [0.29, 0.717) is 18.0 Å². The summed E-state index contributed by atoms with van der Waals surface area (Å²) in [5.74, 6) is 0.835. The molecule has 0 atom stereocenters. The topological polar surface area (TPSA) is 60.5 Å². The number of rotatable bonds is 5. The van der Waals surface area contributed by atoms with E-state index in [2.05, 4.69) is 10.3 Å². The van der Waals surface area contributed by atoms with Gasteiger partial charge in [0.15, 0.2) is 0 Å². The zero-order valence-corrected chi connectivity index (χ0v) is 11.4. The van der Waals surface area contributed by atoms with Crippen LogP contribution in [0, 0.1) is 0 Å². The Morgan fingerprint density at radius 3 is 2.65 bits per heavy atom. The number of carbonyl (C=O) groups excluding carboxylic acids is 1. The summed E-state index contributed by atoms with van der Waals surface area (Å²) in [5, 5.41) is 3.09. The number of nitrogens with one attached hydrogen (secondary N) is 1. The number of hydrogen-bond donors (Lipinski definition) is 1. The van der Waals surface area contributed by atoms with Crippen molar-refractivity contribution in [2.24, 2.45) is 0 Å². The first-order chi connectivity index (χ1) is 9.74. The van der Waals surface area contributed by atoms with E-state index in [0.717, 1.165) is 11.4 Å². The van der Waals surface area contributed by atoms with Crippen molar-refractivity contribution in [1.29, 1.82) is 0 Å². The Hall–Kier alpha value is -2.56. The van der Waals surface area contributed by atoms with Crippen molar-refractivity contribution in [1.82, 2.24) is 4.98 Å². The van der Waals surface area contributed by atoms with Gasteiger partial charge in [-0.1, -0.05) is 0 Å². The van der Waals surface area contributed by atoms with E-state index in [1.54, 1.807) is 18.3 Å². The molecule has 0 fully saturated rings. The highest BCUT2D eigenvalue weighted by atomic mass is 16.5. The smallest absolute Gasteiger partial charge is 0.341 e. The number of carbonyl (C=O) groups is 1. The average molecular weight is 272 g/mol. The van der Waals surface area contributed by atoms with Crippen molar-refractivity contribution in [2.75, 3.05) is 19.0 Å². The molecule has 0 saturated heterocycles. The van der Waals surface area contributed by atoms with Crippen LogP contribution in [0.15, 0.2) is 42.6 Å². The molecule has 0 amide bonds. The predicted octanol–water partition coefficient (Wildman–Crippen LogP) is 3.01. The Balaban J connectivity index is 2.19. The maximum Gasteiger partial charge on any atom is 0.341 e. The van der Waals surface area contributed by atoms with Crippen LogP contribution in [-0.4, -0.2) is 24.7 Å². The molecule has 0 radical (unpaired) electrons. The molecular formula is C15H16N2O3. The van der Waals surface area contributed by atoms with Crippen LogP contribution in [0.1, 0.15) is 17.3 Å². The molecule has 1 aromatic heterocycles. The van der Waals surface area contributed by atoms with E-state index < -0.39 is 5.97 Å². The van der Waals surface area contributed by atoms with Gasteiger partial charge in [-0.05, 0) is 43.3 Å². The molecule has 20 heavy (non-hydrogen) atoms. The number of aromatic nitrogens is 1. The van der Waals surface area contributed by atoms with Crippen molar-refractivity contribution >= 4 is 17.5 Å². The maximum absolute atomic E-state index is 11.6. The van der Waals surface area contributed by atoms with Crippen LogP contribution in [0.5, 0.6) is 5.75 Å². The van der Waals surface area contributed by atoms with E-state index in [1.807, 2.05) is 31.2 Å². The second-order valence-corrected chi connectivity index (χ2v) is 3.97. The molecule has 1 N–H and O–H groups in total. The van der Waals surface area contributed by atoms with Crippen molar-refractivity contribution in [3.63, 3.8) is 0 Å². The van der Waals surface area contributed by atoms with Gasteiger partial charge in [0.25, 0.3) is 0 Å². The second-order valence-electron chi connectivity index (χ2n) is 3.97. The number of esters is 1. The fourth-order valence-electron chi connectivity index (χ4n) is 1.72. The molecule has 0 aliphatic carbocycles. The van der Waals surface area contributed by atoms with Crippen LogP contribution in [0.3, 0.4) is 0 Å². The molecule has 1 aromatic carbocycles. The van der Waals surface area contributed by atoms with Gasteiger partial charge in [0.05, 0.1) is 13.7 Å². The Morgan fingerprint density at radius 1 is 1.25 bits per heavy atom. The van der Waals surface area contributed by atoms with Gasteiger partial charge in [-0.15, -0.1) is 0 Å². The molecule has 2 aromatic rings. The number of ether oxygens (including phenoxy) is 2. The van der Waals surface area contributed by atoms with Crippen LogP contribution in [0.2, 0.25) is 0 Å². The minimum atomic E-state index is -0.425. The minimum Gasteiger partial charge on any atom is -0.494 e. The van der Waals surface area contributed by atoms with Crippen LogP contribution in [0.4, 0.5) is 11.5 Å². The number of anilines is 2. The zero-order chi connectivity index (χ0) is 14.4. The van der Waals surface area contributed by atoms with Gasteiger partial charge in [-0.3, -0.25) is 0 Å². The van der Waals surface area contributed by atoms with Crippen LogP contribution in [0.25, 0.3) is 0 Å². The lowest BCUT2D eigenvalue weighted by molar-refractivity contribution is 0.0601. The van der Waals surface area contributed by atoms with E-state index in [4.69, 9.17) is 9.47 Å². The number of hydrogen-bond acceptors (Lipinski definition) is 5. The predicted molar refractivity (Wildman–Crippen MR) is 76.5 cm³/mol. The summed E-state index contributed by atoms with van der Waals surface area (Å²) in [4.78, 5) is 15.8. The highest BCUT2D eigenvalue weighted by Gasteiger charge is 2.12. The highest BCUT2D eigenvalue weighted by Crippen LogP contribution is 2.21. The van der Waals surface area contributed by atoms with Crippen LogP contribution >= 0.6 is 0 Å². The van der Waals surface area contributed by atoms with Crippen LogP contribution < -0.4 is 10.1 Å². The van der Waals surface area contributed by atoms with E-state index in [-0.39, 0.29) is 0 Å². The van der Waals surface area contributed by atoms with Crippen molar-refractivity contribution in [3.8, 4) is 5.75 Å². The summed E-state index contributed by atoms with van der Waals surface area (Å²) in [5.41, 5.74) is 1.21. The first-order valence-corrected chi connectivity index (χ1v) is 6.27. The van der Waals surface area contributed by atoms with Gasteiger partial charge in [-0.25, -0.2) is 9.78 Å². The Labute approximate surface area is 117 Å². The third kappa shape index (κ3) is 3.26. The fraction of sp³-hybridized carbons (Fsp3) is 0.200. The molecule has 2 rings (SSSR count). The third-order valence-corrected chi connectivity index (χ3v) is 2.64. The largest absolute Gasteiger partial charge is 0.494 e. The SMILES string of the molecule is CCOc1ccc(Nc2ncccc2C(=O)OC)cc1. The minimum absolute atomic E-state index is 0.392. The van der Waals surface area contributed by atoms with Crippen LogP contribution in [-0.2, 0) is 4.74 Å². The lowest BCUT2D eigenvalue weighted by Gasteiger charge is -2.10. The Kier molecular flexibility index (Phi) is 4.55. The quantitative estimate of drug-likeness (QED) is 0.848. The number of nitrogens with zero attached hydrogens (tertiary/aromatic N) is 1. The first kappa shape index (κ1) is 13.9. The standard InChI is InChI=1S/C15H16N2O3/c1-3-20-12-8-6-11(7-9-12)17-14-13(15(18)19-2)5-4-10-16-14/h4-10H,3H2,1-2H3,(H,16,17). The van der Waals surface area contributed by atoms with E-state index in [9.17, 15) is 4.79 Å². The zero-order valence-electron chi connectivity index (χ0n) is 11.4. The maximum atomic E-state index is 11.6. The molecule has 0 saturated carbocycles. The molecule has 0 spiro atoms. The summed E-state index contributed by atoms with van der Waals surface area (Å²) in [6.45, 7) is 2.56. The Bertz CT molecular complexity index is 582. The molecular weight excluding hydrogens is 256 g/mol. The lowest BCUT2D eigenvalue weighted by atomic mass is 10.2. The summed E-state index contributed by atoms with van der Waals surface area (Å²) >= 11 is 0. The molecule has 1 heterocycles. The van der Waals surface area contributed by atoms with Crippen molar-refractivity contribution in [3.05, 3.63) is 48.2 Å². The van der Waals surface area contributed by atoms with Gasteiger partial charge in [0, 0.05) is 11.9 Å².